The van der Waals surface area contributed by atoms with Crippen LogP contribution < -0.4 is 0 Å². The fourth-order valence-corrected chi connectivity index (χ4v) is 2.34. The van der Waals surface area contributed by atoms with Gasteiger partial charge in [0.15, 0.2) is 0 Å². The molecule has 0 saturated heterocycles. The zero-order chi connectivity index (χ0) is 15.8. The lowest BCUT2D eigenvalue weighted by Gasteiger charge is -2.09. The number of nitrogens with zero attached hydrogens (tertiary/aromatic N) is 2. The lowest BCUT2D eigenvalue weighted by Crippen LogP contribution is -2.13. The van der Waals surface area contributed by atoms with Gasteiger partial charge in [-0.25, -0.2) is 4.79 Å². The summed E-state index contributed by atoms with van der Waals surface area (Å²) < 4.78 is 33.4. The molecule has 0 radical (unpaired) electrons. The minimum absolute atomic E-state index is 0.0250. The molecule has 0 aliphatic heterocycles. The van der Waals surface area contributed by atoms with Crippen LogP contribution in [-0.2, 0) is 10.1 Å². The van der Waals surface area contributed by atoms with Crippen LogP contribution in [-0.4, -0.2) is 17.0 Å². The van der Waals surface area contributed by atoms with Crippen molar-refractivity contribution in [2.45, 2.75) is 19.2 Å². The molecule has 0 spiro atoms. The van der Waals surface area contributed by atoms with Crippen LogP contribution in [0, 0.1) is 18.3 Å². The number of esters is 1. The molecular formula is C14H11ClF2N2O2. The fourth-order valence-electron chi connectivity index (χ4n) is 2.16. The molecule has 2 rings (SSSR count). The van der Waals surface area contributed by atoms with Crippen LogP contribution in [0.5, 0.6) is 0 Å². The topological polar surface area (TPSA) is 54.5 Å². The summed E-state index contributed by atoms with van der Waals surface area (Å²) in [6.07, 6.45) is 1.44. The minimum Gasteiger partial charge on any atom is -0.462 e. The highest BCUT2D eigenvalue weighted by Crippen LogP contribution is 2.40. The highest BCUT2D eigenvalue weighted by Gasteiger charge is 2.40. The van der Waals surface area contributed by atoms with E-state index in [2.05, 4.69) is 0 Å². The normalized spacial score (nSPS) is 11.4. The van der Waals surface area contributed by atoms with Crippen LogP contribution in [0.1, 0.15) is 34.1 Å². The number of hydrogen-bond acceptors (Lipinski definition) is 3. The van der Waals surface area contributed by atoms with Gasteiger partial charge in [-0.1, -0.05) is 0 Å². The molecule has 4 nitrogen and oxygen atoms in total. The highest BCUT2D eigenvalue weighted by molar-refractivity contribution is 6.23. The number of aryl methyl sites for hydroxylation is 1. The van der Waals surface area contributed by atoms with Gasteiger partial charge in [0, 0.05) is 6.20 Å². The van der Waals surface area contributed by atoms with Crippen molar-refractivity contribution < 1.29 is 18.3 Å². The molecule has 0 aliphatic carbocycles. The lowest BCUT2D eigenvalue weighted by molar-refractivity contribution is 0.0504. The third kappa shape index (κ3) is 2.57. The Morgan fingerprint density at radius 1 is 1.57 bits per heavy atom. The predicted octanol–water partition coefficient (Wildman–Crippen LogP) is 3.58. The van der Waals surface area contributed by atoms with Crippen molar-refractivity contribution in [1.82, 2.24) is 4.40 Å². The molecule has 2 heterocycles. The second kappa shape index (κ2) is 5.34. The van der Waals surface area contributed by atoms with Crippen molar-refractivity contribution in [1.29, 1.82) is 5.26 Å². The van der Waals surface area contributed by atoms with E-state index < -0.39 is 16.9 Å². The first-order valence-corrected chi connectivity index (χ1v) is 6.48. The number of hydrogen-bond donors (Lipinski definition) is 0. The number of aromatic nitrogens is 1. The first-order valence-electron chi connectivity index (χ1n) is 6.10. The summed E-state index contributed by atoms with van der Waals surface area (Å²) in [6.45, 7) is 3.33. The average molecular weight is 313 g/mol. The van der Waals surface area contributed by atoms with Gasteiger partial charge in [-0.2, -0.15) is 14.0 Å². The summed E-state index contributed by atoms with van der Waals surface area (Å²) in [6, 6.07) is 4.84. The second-order valence-electron chi connectivity index (χ2n) is 4.39. The number of fused-ring (bicyclic) bond motifs is 1. The molecule has 0 bridgehead atoms. The van der Waals surface area contributed by atoms with Crippen molar-refractivity contribution in [3.05, 3.63) is 40.7 Å². The molecule has 0 saturated carbocycles. The molecule has 0 aliphatic rings. The monoisotopic (exact) mass is 312 g/mol. The van der Waals surface area contributed by atoms with Crippen molar-refractivity contribution in [2.75, 3.05) is 6.61 Å². The van der Waals surface area contributed by atoms with Crippen molar-refractivity contribution >= 4 is 23.1 Å². The number of carbonyl (C=O) groups is 1. The molecule has 2 aromatic heterocycles. The summed E-state index contributed by atoms with van der Waals surface area (Å²) in [5, 5.41) is 5.31. The molecule has 0 amide bonds. The van der Waals surface area contributed by atoms with Gasteiger partial charge >= 0.3 is 11.4 Å². The third-order valence-electron chi connectivity index (χ3n) is 2.96. The lowest BCUT2D eigenvalue weighted by atomic mass is 10.1. The second-order valence-corrected chi connectivity index (χ2v) is 4.86. The summed E-state index contributed by atoms with van der Waals surface area (Å²) in [7, 11) is 0. The number of carbonyl (C=O) groups excluding carboxylic acids is 1. The van der Waals surface area contributed by atoms with E-state index in [0.29, 0.717) is 0 Å². The Balaban J connectivity index is 2.94. The minimum atomic E-state index is -3.85. The fraction of sp³-hybridized carbons (Fsp3) is 0.286. The van der Waals surface area contributed by atoms with Gasteiger partial charge < -0.3 is 9.14 Å². The standard InChI is InChI=1S/C14H11ClF2N2O2/c1-3-21-13(20)11-9-6-8(2)4-5-19(9)10(7-18)12(11)14(15,16)17/h4-6H,3H2,1-2H3. The third-order valence-corrected chi connectivity index (χ3v) is 3.15. The smallest absolute Gasteiger partial charge is 0.351 e. The zero-order valence-electron chi connectivity index (χ0n) is 11.3. The van der Waals surface area contributed by atoms with E-state index >= 15 is 0 Å². The summed E-state index contributed by atoms with van der Waals surface area (Å²) in [5.41, 5.74) is -0.666. The first-order chi connectivity index (χ1) is 9.81. The quantitative estimate of drug-likeness (QED) is 0.643. The molecule has 21 heavy (non-hydrogen) atoms. The molecule has 0 atom stereocenters. The van der Waals surface area contributed by atoms with E-state index in [4.69, 9.17) is 21.6 Å². The van der Waals surface area contributed by atoms with E-state index in [-0.39, 0.29) is 23.4 Å². The Bertz CT molecular complexity index is 757. The Morgan fingerprint density at radius 2 is 2.24 bits per heavy atom. The van der Waals surface area contributed by atoms with Gasteiger partial charge in [0.2, 0.25) is 0 Å². The van der Waals surface area contributed by atoms with Gasteiger partial charge in [0.25, 0.3) is 0 Å². The van der Waals surface area contributed by atoms with Crippen LogP contribution in [0.4, 0.5) is 8.78 Å². The van der Waals surface area contributed by atoms with Gasteiger partial charge in [0.1, 0.15) is 11.8 Å². The summed E-state index contributed by atoms with van der Waals surface area (Å²) in [5.74, 6) is -0.933. The van der Waals surface area contributed by atoms with Crippen LogP contribution in [0.3, 0.4) is 0 Å². The Hall–Kier alpha value is -2.13. The number of halogens is 3. The number of pyridine rings is 1. The number of rotatable bonds is 3. The van der Waals surface area contributed by atoms with E-state index in [1.807, 2.05) is 0 Å². The highest BCUT2D eigenvalue weighted by atomic mass is 35.5. The van der Waals surface area contributed by atoms with Gasteiger partial charge in [-0.15, -0.1) is 0 Å². The van der Waals surface area contributed by atoms with Gasteiger partial charge in [0.05, 0.1) is 23.3 Å². The Labute approximate surface area is 124 Å². The van der Waals surface area contributed by atoms with Crippen molar-refractivity contribution in [3.63, 3.8) is 0 Å². The zero-order valence-corrected chi connectivity index (χ0v) is 12.0. The average Bonchev–Trinajstić information content (AvgIpc) is 2.72. The number of ether oxygens (including phenoxy) is 1. The Kier molecular flexibility index (Phi) is 3.88. The summed E-state index contributed by atoms with van der Waals surface area (Å²) >= 11 is 5.10. The molecular weight excluding hydrogens is 302 g/mol. The van der Waals surface area contributed by atoms with Crippen molar-refractivity contribution in [2.24, 2.45) is 0 Å². The number of nitriles is 1. The van der Waals surface area contributed by atoms with E-state index in [0.717, 1.165) is 5.56 Å². The van der Waals surface area contributed by atoms with Crippen LogP contribution in [0.15, 0.2) is 18.3 Å². The molecule has 0 N–H and O–H groups in total. The SMILES string of the molecule is CCOC(=O)c1c(C(F)(F)Cl)c(C#N)n2ccc(C)cc12. The first kappa shape index (κ1) is 15.3. The van der Waals surface area contributed by atoms with Gasteiger partial charge in [-0.05, 0) is 43.1 Å². The van der Waals surface area contributed by atoms with Crippen LogP contribution in [0.2, 0.25) is 0 Å². The number of alkyl halides is 3. The molecule has 0 unspecified atom stereocenters. The maximum Gasteiger partial charge on any atom is 0.351 e. The van der Waals surface area contributed by atoms with Gasteiger partial charge in [-0.3, -0.25) is 0 Å². The molecule has 7 heteroatoms. The van der Waals surface area contributed by atoms with Crippen LogP contribution in [0.25, 0.3) is 5.52 Å². The molecule has 0 aromatic carbocycles. The van der Waals surface area contributed by atoms with E-state index in [9.17, 15) is 13.6 Å². The maximum absolute atomic E-state index is 13.7. The van der Waals surface area contributed by atoms with Crippen LogP contribution >= 0.6 is 11.6 Å². The van der Waals surface area contributed by atoms with Crippen molar-refractivity contribution in [3.8, 4) is 6.07 Å². The molecule has 110 valence electrons. The summed E-state index contributed by atoms with van der Waals surface area (Å²) in [4.78, 5) is 12.0. The van der Waals surface area contributed by atoms with E-state index in [1.165, 1.54) is 16.7 Å². The largest absolute Gasteiger partial charge is 0.462 e. The molecule has 2 aromatic rings. The maximum atomic E-state index is 13.7. The Morgan fingerprint density at radius 3 is 2.76 bits per heavy atom. The van der Waals surface area contributed by atoms with E-state index in [1.54, 1.807) is 26.0 Å². The predicted molar refractivity (Wildman–Crippen MR) is 72.6 cm³/mol. The molecule has 0 fully saturated rings.